The summed E-state index contributed by atoms with van der Waals surface area (Å²) in [6.07, 6.45) is 1.71. The van der Waals surface area contributed by atoms with Crippen molar-refractivity contribution in [2.45, 2.75) is 0 Å². The number of nitrogens with zero attached hydrogens (tertiary/aromatic N) is 2. The molecule has 2 aromatic heterocycles. The summed E-state index contributed by atoms with van der Waals surface area (Å²) >= 11 is 3.36. The van der Waals surface area contributed by atoms with Crippen molar-refractivity contribution >= 4 is 27.0 Å². The first-order chi connectivity index (χ1) is 6.31. The molecular formula is C9H7BrN2O. The summed E-state index contributed by atoms with van der Waals surface area (Å²) in [5, 5.41) is 0.996. The van der Waals surface area contributed by atoms with Gasteiger partial charge in [0, 0.05) is 11.6 Å². The number of halogens is 1. The van der Waals surface area contributed by atoms with Crippen LogP contribution in [0.3, 0.4) is 0 Å². The predicted octanol–water partition coefficient (Wildman–Crippen LogP) is 2.40. The second-order valence-corrected chi connectivity index (χ2v) is 3.38. The largest absolute Gasteiger partial charge is 0.480 e. The Labute approximate surface area is 83.9 Å². The zero-order valence-corrected chi connectivity index (χ0v) is 8.58. The van der Waals surface area contributed by atoms with Crippen LogP contribution in [0.2, 0.25) is 0 Å². The van der Waals surface area contributed by atoms with E-state index in [4.69, 9.17) is 4.74 Å². The van der Waals surface area contributed by atoms with E-state index in [2.05, 4.69) is 25.9 Å². The molecule has 0 amide bonds. The molecule has 0 aliphatic heterocycles. The minimum absolute atomic E-state index is 0.561. The number of hydrogen-bond acceptors (Lipinski definition) is 3. The van der Waals surface area contributed by atoms with Crippen molar-refractivity contribution in [1.29, 1.82) is 0 Å². The molecule has 0 aliphatic rings. The van der Waals surface area contributed by atoms with Gasteiger partial charge >= 0.3 is 0 Å². The predicted molar refractivity (Wildman–Crippen MR) is 53.8 cm³/mol. The molecule has 0 radical (unpaired) electrons. The van der Waals surface area contributed by atoms with Gasteiger partial charge in [-0.2, -0.15) is 4.98 Å². The molecule has 66 valence electrons. The van der Waals surface area contributed by atoms with Gasteiger partial charge in [0.05, 0.1) is 11.6 Å². The molecule has 0 spiro atoms. The van der Waals surface area contributed by atoms with Crippen molar-refractivity contribution in [3.8, 4) is 5.88 Å². The lowest BCUT2D eigenvalue weighted by Crippen LogP contribution is -1.90. The van der Waals surface area contributed by atoms with Gasteiger partial charge in [-0.15, -0.1) is 0 Å². The van der Waals surface area contributed by atoms with Crippen LogP contribution in [0, 0.1) is 0 Å². The van der Waals surface area contributed by atoms with Crippen LogP contribution >= 0.6 is 15.9 Å². The van der Waals surface area contributed by atoms with Gasteiger partial charge in [-0.3, -0.25) is 0 Å². The number of hydrogen-bond donors (Lipinski definition) is 0. The molecule has 2 aromatic rings. The fraction of sp³-hybridized carbons (Fsp3) is 0.111. The van der Waals surface area contributed by atoms with Gasteiger partial charge in [-0.25, -0.2) is 4.98 Å². The van der Waals surface area contributed by atoms with E-state index < -0.39 is 0 Å². The summed E-state index contributed by atoms with van der Waals surface area (Å²) in [6.45, 7) is 0. The zero-order valence-electron chi connectivity index (χ0n) is 6.99. The lowest BCUT2D eigenvalue weighted by atomic mass is 10.3. The van der Waals surface area contributed by atoms with Gasteiger partial charge in [0.15, 0.2) is 5.65 Å². The van der Waals surface area contributed by atoms with Gasteiger partial charge in [0.1, 0.15) is 0 Å². The van der Waals surface area contributed by atoms with E-state index in [1.807, 2.05) is 18.2 Å². The van der Waals surface area contributed by atoms with Crippen molar-refractivity contribution in [2.75, 3.05) is 7.11 Å². The Morgan fingerprint density at radius 1 is 1.46 bits per heavy atom. The van der Waals surface area contributed by atoms with Crippen LogP contribution in [-0.2, 0) is 0 Å². The summed E-state index contributed by atoms with van der Waals surface area (Å²) in [5.41, 5.74) is 0.697. The van der Waals surface area contributed by atoms with Gasteiger partial charge in [-0.1, -0.05) is 0 Å². The third kappa shape index (κ3) is 1.49. The fourth-order valence-electron chi connectivity index (χ4n) is 1.11. The molecule has 4 heteroatoms. The van der Waals surface area contributed by atoms with E-state index in [1.165, 1.54) is 0 Å². The van der Waals surface area contributed by atoms with Gasteiger partial charge in [0.25, 0.3) is 0 Å². The molecule has 0 bridgehead atoms. The molecular weight excluding hydrogens is 232 g/mol. The smallest absolute Gasteiger partial charge is 0.229 e. The molecule has 0 fully saturated rings. The molecule has 0 aromatic carbocycles. The zero-order chi connectivity index (χ0) is 9.26. The summed E-state index contributed by atoms with van der Waals surface area (Å²) in [6, 6.07) is 5.77. The Morgan fingerprint density at radius 3 is 3.08 bits per heavy atom. The first kappa shape index (κ1) is 8.44. The van der Waals surface area contributed by atoms with Gasteiger partial charge in [0.2, 0.25) is 5.88 Å². The van der Waals surface area contributed by atoms with Crippen LogP contribution in [0.1, 0.15) is 0 Å². The third-order valence-corrected chi connectivity index (χ3v) is 2.27. The number of rotatable bonds is 1. The molecule has 2 rings (SSSR count). The van der Waals surface area contributed by atoms with Crippen molar-refractivity contribution in [2.24, 2.45) is 0 Å². The van der Waals surface area contributed by atoms with Crippen LogP contribution < -0.4 is 4.74 Å². The Balaban J connectivity index is 2.74. The second kappa shape index (κ2) is 3.30. The van der Waals surface area contributed by atoms with Crippen LogP contribution in [0.4, 0.5) is 0 Å². The molecule has 0 saturated heterocycles. The SMILES string of the molecule is COc1nc2ncccc2cc1Br. The fourth-order valence-corrected chi connectivity index (χ4v) is 1.60. The lowest BCUT2D eigenvalue weighted by Gasteiger charge is -2.02. The van der Waals surface area contributed by atoms with E-state index in [0.717, 1.165) is 9.86 Å². The summed E-state index contributed by atoms with van der Waals surface area (Å²) in [4.78, 5) is 8.33. The van der Waals surface area contributed by atoms with Crippen LogP contribution in [-0.4, -0.2) is 17.1 Å². The quantitative estimate of drug-likeness (QED) is 0.766. The van der Waals surface area contributed by atoms with Crippen molar-refractivity contribution < 1.29 is 4.74 Å². The highest BCUT2D eigenvalue weighted by atomic mass is 79.9. The minimum atomic E-state index is 0.561. The van der Waals surface area contributed by atoms with E-state index in [0.29, 0.717) is 11.5 Å². The number of ether oxygens (including phenoxy) is 1. The van der Waals surface area contributed by atoms with Crippen molar-refractivity contribution in [3.05, 3.63) is 28.9 Å². The Hall–Kier alpha value is -1.16. The van der Waals surface area contributed by atoms with Gasteiger partial charge < -0.3 is 4.74 Å². The van der Waals surface area contributed by atoms with E-state index >= 15 is 0 Å². The normalized spacial score (nSPS) is 10.3. The van der Waals surface area contributed by atoms with Crippen molar-refractivity contribution in [3.63, 3.8) is 0 Å². The molecule has 0 saturated carbocycles. The third-order valence-electron chi connectivity index (χ3n) is 1.70. The summed E-state index contributed by atoms with van der Waals surface area (Å²) in [7, 11) is 1.59. The average molecular weight is 239 g/mol. The number of pyridine rings is 2. The highest BCUT2D eigenvalue weighted by Gasteiger charge is 2.03. The van der Waals surface area contributed by atoms with Crippen LogP contribution in [0.25, 0.3) is 11.0 Å². The topological polar surface area (TPSA) is 35.0 Å². The van der Waals surface area contributed by atoms with Crippen LogP contribution in [0.5, 0.6) is 5.88 Å². The number of methoxy groups -OCH3 is 1. The van der Waals surface area contributed by atoms with E-state index in [9.17, 15) is 0 Å². The first-order valence-electron chi connectivity index (χ1n) is 3.76. The highest BCUT2D eigenvalue weighted by molar-refractivity contribution is 9.10. The molecule has 2 heterocycles. The highest BCUT2D eigenvalue weighted by Crippen LogP contribution is 2.25. The maximum atomic E-state index is 5.06. The average Bonchev–Trinajstić information content (AvgIpc) is 2.17. The number of fused-ring (bicyclic) bond motifs is 1. The molecule has 13 heavy (non-hydrogen) atoms. The maximum Gasteiger partial charge on any atom is 0.229 e. The monoisotopic (exact) mass is 238 g/mol. The minimum Gasteiger partial charge on any atom is -0.480 e. The Bertz CT molecular complexity index is 445. The van der Waals surface area contributed by atoms with Gasteiger partial charge in [-0.05, 0) is 34.1 Å². The molecule has 0 unspecified atom stereocenters. The molecule has 0 atom stereocenters. The standard InChI is InChI=1S/C9H7BrN2O/c1-13-9-7(10)5-6-3-2-4-11-8(6)12-9/h2-5H,1H3. The molecule has 0 aliphatic carbocycles. The lowest BCUT2D eigenvalue weighted by molar-refractivity contribution is 0.396. The summed E-state index contributed by atoms with van der Waals surface area (Å²) in [5.74, 6) is 0.561. The van der Waals surface area contributed by atoms with E-state index in [1.54, 1.807) is 13.3 Å². The Kier molecular flexibility index (Phi) is 2.14. The number of aromatic nitrogens is 2. The second-order valence-electron chi connectivity index (χ2n) is 2.53. The Morgan fingerprint density at radius 2 is 2.31 bits per heavy atom. The maximum absolute atomic E-state index is 5.06. The summed E-state index contributed by atoms with van der Waals surface area (Å²) < 4.78 is 5.90. The van der Waals surface area contributed by atoms with Crippen molar-refractivity contribution in [1.82, 2.24) is 9.97 Å². The molecule has 3 nitrogen and oxygen atoms in total. The van der Waals surface area contributed by atoms with Crippen LogP contribution in [0.15, 0.2) is 28.9 Å². The molecule has 0 N–H and O–H groups in total. The van der Waals surface area contributed by atoms with E-state index in [-0.39, 0.29) is 0 Å². The first-order valence-corrected chi connectivity index (χ1v) is 4.56.